The molecule has 0 aromatic carbocycles. The zero-order valence-corrected chi connectivity index (χ0v) is 21.7. The molecule has 5 heteroatoms. The Bertz CT molecular complexity index is 526. The molecule has 0 amide bonds. The van der Waals surface area contributed by atoms with Gasteiger partial charge in [-0.05, 0) is 19.3 Å². The Morgan fingerprint density at radius 2 is 1.41 bits per heavy atom. The first kappa shape index (κ1) is 28.9. The number of rotatable bonds is 17. The van der Waals surface area contributed by atoms with Crippen molar-refractivity contribution < 1.29 is 19.5 Å². The summed E-state index contributed by atoms with van der Waals surface area (Å²) in [5.41, 5.74) is 0.466. The molecule has 188 valence electrons. The highest BCUT2D eigenvalue weighted by Gasteiger charge is 2.43. The van der Waals surface area contributed by atoms with E-state index in [0.717, 1.165) is 44.2 Å². The van der Waals surface area contributed by atoms with E-state index in [9.17, 15) is 10.0 Å². The largest absolute Gasteiger partial charge is 0.435 e. The zero-order chi connectivity index (χ0) is 23.8. The lowest BCUT2D eigenvalue weighted by atomic mass is 9.88. The van der Waals surface area contributed by atoms with Gasteiger partial charge in [-0.2, -0.15) is 0 Å². The lowest BCUT2D eigenvalue weighted by Gasteiger charge is -2.40. The molecule has 5 nitrogen and oxygen atoms in total. The minimum absolute atomic E-state index is 0.155. The number of hydrogen-bond donors (Lipinski definition) is 1. The van der Waals surface area contributed by atoms with Gasteiger partial charge < -0.3 is 14.7 Å². The van der Waals surface area contributed by atoms with E-state index in [2.05, 4.69) is 19.0 Å². The molecular formula is C27H51NO4. The maximum Gasteiger partial charge on any atom is 0.313 e. The van der Waals surface area contributed by atoms with Crippen LogP contribution in [0, 0.1) is 11.3 Å². The Hall–Kier alpha value is -1.10. The van der Waals surface area contributed by atoms with Gasteiger partial charge in [-0.25, -0.2) is 0 Å². The maximum atomic E-state index is 12.8. The number of ether oxygens (including phenoxy) is 2. The van der Waals surface area contributed by atoms with Crippen LogP contribution in [0.5, 0.6) is 0 Å². The monoisotopic (exact) mass is 453 g/mol. The van der Waals surface area contributed by atoms with Gasteiger partial charge >= 0.3 is 5.97 Å². The van der Waals surface area contributed by atoms with E-state index in [0.29, 0.717) is 6.42 Å². The summed E-state index contributed by atoms with van der Waals surface area (Å²) in [6.45, 7) is 10.5. The Kier molecular flexibility index (Phi) is 14.9. The van der Waals surface area contributed by atoms with Crippen molar-refractivity contribution in [2.75, 3.05) is 0 Å². The topological polar surface area (TPSA) is 68.1 Å². The van der Waals surface area contributed by atoms with Gasteiger partial charge in [-0.15, -0.1) is 0 Å². The number of cyclic esters (lactones) is 1. The normalized spacial score (nSPS) is 22.2. The quantitative estimate of drug-likeness (QED) is 0.0795. The minimum Gasteiger partial charge on any atom is -0.435 e. The Morgan fingerprint density at radius 3 is 1.94 bits per heavy atom. The fourth-order valence-corrected chi connectivity index (χ4v) is 4.36. The van der Waals surface area contributed by atoms with Gasteiger partial charge in [0.05, 0.1) is 17.7 Å². The summed E-state index contributed by atoms with van der Waals surface area (Å²) in [7, 11) is 0. The van der Waals surface area contributed by atoms with Crippen molar-refractivity contribution >= 4 is 11.7 Å². The van der Waals surface area contributed by atoms with Crippen LogP contribution < -0.4 is 0 Å². The Morgan fingerprint density at radius 1 is 0.875 bits per heavy atom. The molecule has 1 N–H and O–H groups in total. The number of esters is 1. The molecule has 3 atom stereocenters. The van der Waals surface area contributed by atoms with E-state index >= 15 is 0 Å². The van der Waals surface area contributed by atoms with E-state index in [1.165, 1.54) is 57.8 Å². The van der Waals surface area contributed by atoms with Crippen molar-refractivity contribution in [2.24, 2.45) is 16.5 Å². The number of carbonyl (C=O) groups excluding carboxylic acids is 1. The molecule has 1 aliphatic heterocycles. The first-order valence-electron chi connectivity index (χ1n) is 13.4. The molecular weight excluding hydrogens is 402 g/mol. The van der Waals surface area contributed by atoms with Crippen molar-refractivity contribution in [3.8, 4) is 0 Å². The molecule has 32 heavy (non-hydrogen) atoms. The molecule has 0 saturated carbocycles. The predicted octanol–water partition coefficient (Wildman–Crippen LogP) is 8.03. The molecule has 0 aliphatic carbocycles. The maximum absolute atomic E-state index is 12.8. The molecule has 0 aromatic rings. The lowest BCUT2D eigenvalue weighted by molar-refractivity contribution is -0.256. The third-order valence-electron chi connectivity index (χ3n) is 6.50. The second-order valence-corrected chi connectivity index (χ2v) is 10.7. The van der Waals surface area contributed by atoms with E-state index in [-0.39, 0.29) is 23.4 Å². The summed E-state index contributed by atoms with van der Waals surface area (Å²) in [5.74, 6) is -0.427. The molecule has 0 bridgehead atoms. The molecule has 0 unspecified atom stereocenters. The van der Waals surface area contributed by atoms with Crippen LogP contribution in [0.2, 0.25) is 0 Å². The van der Waals surface area contributed by atoms with Crippen molar-refractivity contribution in [1.29, 1.82) is 0 Å². The van der Waals surface area contributed by atoms with Crippen LogP contribution >= 0.6 is 0 Å². The number of oxime groups is 1. The summed E-state index contributed by atoms with van der Waals surface area (Å²) in [6.07, 6.45) is 17.1. The third kappa shape index (κ3) is 11.7. The molecule has 0 aromatic heterocycles. The van der Waals surface area contributed by atoms with Crippen LogP contribution in [0.4, 0.5) is 0 Å². The van der Waals surface area contributed by atoms with Crippen LogP contribution in [0.25, 0.3) is 0 Å². The SMILES string of the molecule is CCCCCCCCCCC/C(C[C@@H]1O[C@H](C(C)(C)C)OC(=O)[C@H]1CCCCCC)=N/O. The fraction of sp³-hybridized carbons (Fsp3) is 0.926. The minimum atomic E-state index is -0.556. The van der Waals surface area contributed by atoms with Crippen molar-refractivity contribution in [3.05, 3.63) is 0 Å². The van der Waals surface area contributed by atoms with Gasteiger partial charge in [0.15, 0.2) is 0 Å². The standard InChI is InChI=1S/C27H51NO4/c1-6-8-10-12-13-14-15-16-17-19-22(28-30)21-24-23(20-18-11-9-7-2)25(29)32-26(31-24)27(3,4)5/h23-24,26,30H,6-21H2,1-5H3/b28-22-/t23-,24-,26-/m0/s1. The molecule has 0 radical (unpaired) electrons. The zero-order valence-electron chi connectivity index (χ0n) is 21.7. The van der Waals surface area contributed by atoms with Crippen LogP contribution in [0.3, 0.4) is 0 Å². The molecule has 0 spiro atoms. The van der Waals surface area contributed by atoms with Crippen molar-refractivity contribution in [1.82, 2.24) is 0 Å². The molecule has 1 saturated heterocycles. The number of carbonyl (C=O) groups is 1. The number of unbranched alkanes of at least 4 members (excludes halogenated alkanes) is 11. The summed E-state index contributed by atoms with van der Waals surface area (Å²) >= 11 is 0. The molecule has 1 heterocycles. The lowest BCUT2D eigenvalue weighted by Crippen LogP contribution is -2.49. The summed E-state index contributed by atoms with van der Waals surface area (Å²) < 4.78 is 11.9. The first-order chi connectivity index (χ1) is 15.3. The number of hydrogen-bond acceptors (Lipinski definition) is 5. The third-order valence-corrected chi connectivity index (χ3v) is 6.50. The highest BCUT2D eigenvalue weighted by atomic mass is 16.7. The van der Waals surface area contributed by atoms with E-state index in [1.807, 2.05) is 20.8 Å². The molecule has 1 rings (SSSR count). The van der Waals surface area contributed by atoms with Gasteiger partial charge in [-0.3, -0.25) is 4.79 Å². The van der Waals surface area contributed by atoms with Gasteiger partial charge in [0.25, 0.3) is 0 Å². The van der Waals surface area contributed by atoms with Gasteiger partial charge in [0.1, 0.15) is 0 Å². The van der Waals surface area contributed by atoms with Crippen LogP contribution in [0.1, 0.15) is 137 Å². The van der Waals surface area contributed by atoms with Crippen LogP contribution in [-0.2, 0) is 14.3 Å². The average Bonchev–Trinajstić information content (AvgIpc) is 2.75. The van der Waals surface area contributed by atoms with E-state index in [1.54, 1.807) is 0 Å². The van der Waals surface area contributed by atoms with Gasteiger partial charge in [0, 0.05) is 11.8 Å². The van der Waals surface area contributed by atoms with E-state index in [4.69, 9.17) is 9.47 Å². The van der Waals surface area contributed by atoms with Gasteiger partial charge in [-0.1, -0.05) is 117 Å². The van der Waals surface area contributed by atoms with Crippen molar-refractivity contribution in [2.45, 2.75) is 150 Å². The predicted molar refractivity (Wildman–Crippen MR) is 132 cm³/mol. The summed E-state index contributed by atoms with van der Waals surface area (Å²) in [6, 6.07) is 0. The second-order valence-electron chi connectivity index (χ2n) is 10.7. The first-order valence-corrected chi connectivity index (χ1v) is 13.4. The summed E-state index contributed by atoms with van der Waals surface area (Å²) in [4.78, 5) is 12.8. The molecule has 1 fully saturated rings. The fourth-order valence-electron chi connectivity index (χ4n) is 4.36. The summed E-state index contributed by atoms with van der Waals surface area (Å²) in [5, 5.41) is 13.2. The Balaban J connectivity index is 2.53. The number of nitrogens with zero attached hydrogens (tertiary/aromatic N) is 1. The van der Waals surface area contributed by atoms with Gasteiger partial charge in [0.2, 0.25) is 6.29 Å². The average molecular weight is 454 g/mol. The highest BCUT2D eigenvalue weighted by molar-refractivity contribution is 5.85. The van der Waals surface area contributed by atoms with E-state index < -0.39 is 6.29 Å². The smallest absolute Gasteiger partial charge is 0.313 e. The van der Waals surface area contributed by atoms with Crippen molar-refractivity contribution in [3.63, 3.8) is 0 Å². The highest BCUT2D eigenvalue weighted by Crippen LogP contribution is 2.35. The second kappa shape index (κ2) is 16.5. The Labute approximate surface area is 197 Å². The van der Waals surface area contributed by atoms with Crippen LogP contribution in [-0.4, -0.2) is 29.3 Å². The van der Waals surface area contributed by atoms with Crippen LogP contribution in [0.15, 0.2) is 5.16 Å². The molecule has 1 aliphatic rings.